The van der Waals surface area contributed by atoms with Crippen molar-refractivity contribution in [2.24, 2.45) is 11.3 Å². The zero-order valence-corrected chi connectivity index (χ0v) is 14.6. The van der Waals surface area contributed by atoms with E-state index in [9.17, 15) is 14.7 Å². The lowest BCUT2D eigenvalue weighted by Crippen LogP contribution is -2.42. The van der Waals surface area contributed by atoms with E-state index in [0.29, 0.717) is 25.4 Å². The molecule has 3 rings (SSSR count). The molecule has 0 saturated heterocycles. The minimum absolute atomic E-state index is 0.107. The lowest BCUT2D eigenvalue weighted by molar-refractivity contribution is -0.142. The number of carbonyl (C=O) groups excluding carboxylic acids is 1. The Morgan fingerprint density at radius 1 is 1.25 bits per heavy atom. The predicted molar refractivity (Wildman–Crippen MR) is 92.6 cm³/mol. The molecule has 1 aliphatic carbocycles. The molecule has 130 valence electrons. The van der Waals surface area contributed by atoms with Crippen LogP contribution in [-0.4, -0.2) is 28.4 Å². The molecule has 2 atom stereocenters. The Balaban J connectivity index is 1.75. The van der Waals surface area contributed by atoms with Gasteiger partial charge in [0, 0.05) is 19.5 Å². The van der Waals surface area contributed by atoms with E-state index in [1.807, 2.05) is 24.3 Å². The molecule has 1 aromatic carbocycles. The quantitative estimate of drug-likeness (QED) is 0.917. The van der Waals surface area contributed by atoms with E-state index in [1.54, 1.807) is 4.90 Å². The Kier molecular flexibility index (Phi) is 4.66. The summed E-state index contributed by atoms with van der Waals surface area (Å²) in [5.41, 5.74) is 2.02. The van der Waals surface area contributed by atoms with Crippen molar-refractivity contribution in [3.63, 3.8) is 0 Å². The van der Waals surface area contributed by atoms with Gasteiger partial charge in [-0.3, -0.25) is 9.59 Å². The molecule has 0 bridgehead atoms. The van der Waals surface area contributed by atoms with E-state index >= 15 is 0 Å². The number of benzene rings is 1. The minimum atomic E-state index is -0.849. The largest absolute Gasteiger partial charge is 0.481 e. The second kappa shape index (κ2) is 6.58. The molecule has 2 unspecified atom stereocenters. The van der Waals surface area contributed by atoms with E-state index in [-0.39, 0.29) is 11.3 Å². The van der Waals surface area contributed by atoms with Gasteiger partial charge in [0.05, 0.1) is 5.92 Å². The molecule has 2 aliphatic rings. The van der Waals surface area contributed by atoms with Crippen LogP contribution >= 0.6 is 0 Å². The Hall–Kier alpha value is -1.84. The first-order valence-electron chi connectivity index (χ1n) is 8.97. The summed E-state index contributed by atoms with van der Waals surface area (Å²) >= 11 is 0. The number of carboxylic acids is 1. The standard InChI is InChI=1S/C20H27NO3/c1-20(2)10-6-5-8-15(20)11-18(22)21-12-14-7-3-4-9-16(14)17(13-21)19(23)24/h3-4,7,9,15,17H,5-6,8,10-13H2,1-2H3,(H,23,24). The summed E-state index contributed by atoms with van der Waals surface area (Å²) in [6, 6.07) is 7.60. The number of rotatable bonds is 3. The number of carbonyl (C=O) groups is 2. The predicted octanol–water partition coefficient (Wildman–Crippen LogP) is 3.80. The van der Waals surface area contributed by atoms with Crippen LogP contribution in [0.15, 0.2) is 24.3 Å². The lowest BCUT2D eigenvalue weighted by atomic mass is 9.67. The van der Waals surface area contributed by atoms with Crippen LogP contribution in [0.3, 0.4) is 0 Å². The normalized spacial score (nSPS) is 25.8. The zero-order valence-electron chi connectivity index (χ0n) is 14.6. The van der Waals surface area contributed by atoms with E-state index in [4.69, 9.17) is 0 Å². The van der Waals surface area contributed by atoms with Crippen LogP contribution in [0.2, 0.25) is 0 Å². The number of nitrogens with zero attached hydrogens (tertiary/aromatic N) is 1. The summed E-state index contributed by atoms with van der Waals surface area (Å²) in [5.74, 6) is -0.953. The SMILES string of the molecule is CC1(C)CCCCC1CC(=O)N1Cc2ccccc2C(C(=O)O)C1. The molecule has 0 radical (unpaired) electrons. The van der Waals surface area contributed by atoms with Crippen LogP contribution < -0.4 is 0 Å². The Morgan fingerprint density at radius 2 is 2.00 bits per heavy atom. The van der Waals surface area contributed by atoms with Crippen molar-refractivity contribution in [2.75, 3.05) is 6.54 Å². The molecule has 0 spiro atoms. The van der Waals surface area contributed by atoms with Gasteiger partial charge < -0.3 is 10.0 Å². The molecule has 0 aromatic heterocycles. The lowest BCUT2D eigenvalue weighted by Gasteiger charge is -2.40. The third-order valence-corrected chi connectivity index (χ3v) is 6.00. The van der Waals surface area contributed by atoms with Crippen LogP contribution in [0.4, 0.5) is 0 Å². The molecular weight excluding hydrogens is 302 g/mol. The van der Waals surface area contributed by atoms with Gasteiger partial charge in [0.2, 0.25) is 5.91 Å². The van der Waals surface area contributed by atoms with E-state index in [0.717, 1.165) is 17.5 Å². The van der Waals surface area contributed by atoms with Crippen LogP contribution in [0, 0.1) is 11.3 Å². The summed E-state index contributed by atoms with van der Waals surface area (Å²) in [6.07, 6.45) is 5.26. The number of amides is 1. The first kappa shape index (κ1) is 17.0. The van der Waals surface area contributed by atoms with Crippen molar-refractivity contribution in [2.45, 2.75) is 58.4 Å². The first-order chi connectivity index (χ1) is 11.4. The zero-order chi connectivity index (χ0) is 17.3. The maximum atomic E-state index is 12.9. The van der Waals surface area contributed by atoms with Gasteiger partial charge in [-0.15, -0.1) is 0 Å². The third kappa shape index (κ3) is 3.33. The van der Waals surface area contributed by atoms with Gasteiger partial charge in [0.15, 0.2) is 0 Å². The molecule has 1 amide bonds. The van der Waals surface area contributed by atoms with Crippen LogP contribution in [0.1, 0.15) is 63.0 Å². The van der Waals surface area contributed by atoms with Gasteiger partial charge in [-0.05, 0) is 35.3 Å². The molecule has 4 heteroatoms. The van der Waals surface area contributed by atoms with E-state index < -0.39 is 11.9 Å². The van der Waals surface area contributed by atoms with Gasteiger partial charge in [0.25, 0.3) is 0 Å². The molecule has 1 fully saturated rings. The summed E-state index contributed by atoms with van der Waals surface area (Å²) in [4.78, 5) is 26.3. The van der Waals surface area contributed by atoms with Gasteiger partial charge in [-0.1, -0.05) is 51.0 Å². The topological polar surface area (TPSA) is 57.6 Å². The van der Waals surface area contributed by atoms with Crippen molar-refractivity contribution < 1.29 is 14.7 Å². The van der Waals surface area contributed by atoms with Gasteiger partial charge >= 0.3 is 5.97 Å². The van der Waals surface area contributed by atoms with Crippen molar-refractivity contribution in [1.29, 1.82) is 0 Å². The maximum Gasteiger partial charge on any atom is 0.312 e. The second-order valence-corrected chi connectivity index (χ2v) is 8.00. The van der Waals surface area contributed by atoms with Gasteiger partial charge in [-0.25, -0.2) is 0 Å². The van der Waals surface area contributed by atoms with E-state index in [1.165, 1.54) is 19.3 Å². The summed E-state index contributed by atoms with van der Waals surface area (Å²) in [6.45, 7) is 5.34. The van der Waals surface area contributed by atoms with Crippen LogP contribution in [-0.2, 0) is 16.1 Å². The van der Waals surface area contributed by atoms with Crippen molar-refractivity contribution in [1.82, 2.24) is 4.90 Å². The maximum absolute atomic E-state index is 12.9. The number of aliphatic carboxylic acids is 1. The number of fused-ring (bicyclic) bond motifs is 1. The fraction of sp³-hybridized carbons (Fsp3) is 0.600. The number of hydrogen-bond donors (Lipinski definition) is 1. The molecule has 1 aliphatic heterocycles. The van der Waals surface area contributed by atoms with Crippen molar-refractivity contribution in [3.8, 4) is 0 Å². The summed E-state index contributed by atoms with van der Waals surface area (Å²) in [7, 11) is 0. The number of carboxylic acid groups (broad SMARTS) is 1. The molecule has 4 nitrogen and oxygen atoms in total. The molecule has 1 N–H and O–H groups in total. The first-order valence-corrected chi connectivity index (χ1v) is 8.97. The highest BCUT2D eigenvalue weighted by Crippen LogP contribution is 2.43. The molecule has 1 aromatic rings. The Morgan fingerprint density at radius 3 is 2.71 bits per heavy atom. The minimum Gasteiger partial charge on any atom is -0.481 e. The molecule has 1 heterocycles. The monoisotopic (exact) mass is 329 g/mol. The van der Waals surface area contributed by atoms with E-state index in [2.05, 4.69) is 13.8 Å². The van der Waals surface area contributed by atoms with Crippen molar-refractivity contribution in [3.05, 3.63) is 35.4 Å². The Labute approximate surface area is 143 Å². The second-order valence-electron chi connectivity index (χ2n) is 8.00. The summed E-state index contributed by atoms with van der Waals surface area (Å²) in [5, 5.41) is 9.55. The summed E-state index contributed by atoms with van der Waals surface area (Å²) < 4.78 is 0. The average molecular weight is 329 g/mol. The fourth-order valence-corrected chi connectivity index (χ4v) is 4.29. The smallest absolute Gasteiger partial charge is 0.312 e. The highest BCUT2D eigenvalue weighted by Gasteiger charge is 2.37. The van der Waals surface area contributed by atoms with Gasteiger partial charge in [-0.2, -0.15) is 0 Å². The number of hydrogen-bond acceptors (Lipinski definition) is 2. The molecular formula is C20H27NO3. The highest BCUT2D eigenvalue weighted by atomic mass is 16.4. The Bertz CT molecular complexity index is 638. The molecule has 1 saturated carbocycles. The van der Waals surface area contributed by atoms with Crippen LogP contribution in [0.5, 0.6) is 0 Å². The van der Waals surface area contributed by atoms with Crippen LogP contribution in [0.25, 0.3) is 0 Å². The third-order valence-electron chi connectivity index (χ3n) is 6.00. The average Bonchev–Trinajstić information content (AvgIpc) is 2.55. The highest BCUT2D eigenvalue weighted by molar-refractivity contribution is 5.81. The van der Waals surface area contributed by atoms with Crippen molar-refractivity contribution >= 4 is 11.9 Å². The fourth-order valence-electron chi connectivity index (χ4n) is 4.29. The molecule has 24 heavy (non-hydrogen) atoms. The van der Waals surface area contributed by atoms with Gasteiger partial charge in [0.1, 0.15) is 0 Å².